The number of nitrogens with one attached hydrogen (secondary N) is 1. The Morgan fingerprint density at radius 3 is 2.50 bits per heavy atom. The molecule has 3 rings (SSSR count). The monoisotopic (exact) mass is 286 g/mol. The first-order valence-electron chi connectivity index (χ1n) is 7.01. The maximum atomic E-state index is 6.27. The van der Waals surface area contributed by atoms with Gasteiger partial charge < -0.3 is 11.1 Å². The van der Waals surface area contributed by atoms with Gasteiger partial charge in [-0.3, -0.25) is 0 Å². The van der Waals surface area contributed by atoms with E-state index in [0.29, 0.717) is 6.04 Å². The molecular formula is C17H19ClN2. The van der Waals surface area contributed by atoms with Crippen LogP contribution < -0.4 is 11.1 Å². The molecule has 0 bridgehead atoms. The van der Waals surface area contributed by atoms with E-state index in [0.717, 1.165) is 17.0 Å². The van der Waals surface area contributed by atoms with Crippen LogP contribution in [0, 0.1) is 0 Å². The highest BCUT2D eigenvalue weighted by atomic mass is 35.5. The molecule has 0 amide bonds. The lowest BCUT2D eigenvalue weighted by Crippen LogP contribution is -2.23. The third-order valence-corrected chi connectivity index (χ3v) is 4.43. The van der Waals surface area contributed by atoms with Gasteiger partial charge in [0.25, 0.3) is 0 Å². The molecule has 0 saturated carbocycles. The van der Waals surface area contributed by atoms with Crippen molar-refractivity contribution in [3.8, 4) is 0 Å². The van der Waals surface area contributed by atoms with Crippen molar-refractivity contribution in [2.24, 2.45) is 5.73 Å². The fourth-order valence-corrected chi connectivity index (χ4v) is 3.35. The maximum absolute atomic E-state index is 6.27. The van der Waals surface area contributed by atoms with Gasteiger partial charge in [-0.25, -0.2) is 0 Å². The number of halogens is 1. The van der Waals surface area contributed by atoms with Crippen LogP contribution in [0.1, 0.15) is 48.2 Å². The normalized spacial score (nSPS) is 22.6. The van der Waals surface area contributed by atoms with E-state index in [-0.39, 0.29) is 12.1 Å². The van der Waals surface area contributed by atoms with E-state index >= 15 is 0 Å². The lowest BCUT2D eigenvalue weighted by Gasteiger charge is -2.21. The summed E-state index contributed by atoms with van der Waals surface area (Å²) in [7, 11) is 0. The van der Waals surface area contributed by atoms with Crippen molar-refractivity contribution in [1.82, 2.24) is 5.32 Å². The second-order valence-electron chi connectivity index (χ2n) is 5.43. The topological polar surface area (TPSA) is 38.0 Å². The Balaban J connectivity index is 1.81. The molecule has 1 aliphatic carbocycles. The zero-order chi connectivity index (χ0) is 14.1. The van der Waals surface area contributed by atoms with Crippen LogP contribution in [-0.4, -0.2) is 0 Å². The number of hydrogen-bond acceptors (Lipinski definition) is 2. The number of hydrogen-bond donors (Lipinski definition) is 2. The molecule has 3 unspecified atom stereocenters. The van der Waals surface area contributed by atoms with Crippen LogP contribution in [-0.2, 0) is 0 Å². The summed E-state index contributed by atoms with van der Waals surface area (Å²) in [4.78, 5) is 0. The van der Waals surface area contributed by atoms with E-state index in [2.05, 4.69) is 42.6 Å². The SMILES string of the molecule is CC(NC1CC(N)c2ccccc21)c1ccccc1Cl. The lowest BCUT2D eigenvalue weighted by atomic mass is 10.0. The van der Waals surface area contributed by atoms with Crippen molar-refractivity contribution in [1.29, 1.82) is 0 Å². The zero-order valence-corrected chi connectivity index (χ0v) is 12.3. The molecule has 2 aromatic carbocycles. The van der Waals surface area contributed by atoms with Gasteiger partial charge >= 0.3 is 0 Å². The van der Waals surface area contributed by atoms with E-state index < -0.39 is 0 Å². The Bertz CT molecular complexity index is 611. The summed E-state index contributed by atoms with van der Waals surface area (Å²) in [6, 6.07) is 17.0. The van der Waals surface area contributed by atoms with E-state index in [1.165, 1.54) is 11.1 Å². The molecule has 0 aliphatic heterocycles. The van der Waals surface area contributed by atoms with Crippen molar-refractivity contribution in [3.63, 3.8) is 0 Å². The quantitative estimate of drug-likeness (QED) is 0.890. The highest BCUT2D eigenvalue weighted by molar-refractivity contribution is 6.31. The number of benzene rings is 2. The smallest absolute Gasteiger partial charge is 0.0453 e. The molecule has 1 aliphatic rings. The Hall–Kier alpha value is -1.35. The van der Waals surface area contributed by atoms with Crippen molar-refractivity contribution in [2.45, 2.75) is 31.5 Å². The predicted molar refractivity (Wildman–Crippen MR) is 83.7 cm³/mol. The first-order chi connectivity index (χ1) is 9.66. The number of fused-ring (bicyclic) bond motifs is 1. The molecule has 0 saturated heterocycles. The summed E-state index contributed by atoms with van der Waals surface area (Å²) in [5, 5.41) is 4.47. The van der Waals surface area contributed by atoms with Crippen LogP contribution in [0.4, 0.5) is 0 Å². The summed E-state index contributed by atoms with van der Waals surface area (Å²) in [6.45, 7) is 2.15. The maximum Gasteiger partial charge on any atom is 0.0453 e. The number of nitrogens with two attached hydrogens (primary N) is 1. The van der Waals surface area contributed by atoms with E-state index in [4.69, 9.17) is 17.3 Å². The average Bonchev–Trinajstić information content (AvgIpc) is 2.76. The third-order valence-electron chi connectivity index (χ3n) is 4.08. The van der Waals surface area contributed by atoms with Crippen molar-refractivity contribution in [3.05, 3.63) is 70.2 Å². The molecule has 3 heteroatoms. The van der Waals surface area contributed by atoms with Crippen LogP contribution in [0.3, 0.4) is 0 Å². The molecule has 3 atom stereocenters. The Kier molecular flexibility index (Phi) is 3.79. The summed E-state index contributed by atoms with van der Waals surface area (Å²) in [5.74, 6) is 0. The predicted octanol–water partition coefficient (Wildman–Crippen LogP) is 4.14. The molecule has 20 heavy (non-hydrogen) atoms. The van der Waals surface area contributed by atoms with Gasteiger partial charge in [0.2, 0.25) is 0 Å². The summed E-state index contributed by atoms with van der Waals surface area (Å²) in [5.41, 5.74) is 9.93. The largest absolute Gasteiger partial charge is 0.324 e. The minimum atomic E-state index is 0.127. The highest BCUT2D eigenvalue weighted by Gasteiger charge is 2.29. The van der Waals surface area contributed by atoms with Crippen molar-refractivity contribution in [2.75, 3.05) is 0 Å². The summed E-state index contributed by atoms with van der Waals surface area (Å²) < 4.78 is 0. The fourth-order valence-electron chi connectivity index (χ4n) is 3.05. The minimum absolute atomic E-state index is 0.127. The lowest BCUT2D eigenvalue weighted by molar-refractivity contribution is 0.446. The average molecular weight is 287 g/mol. The molecule has 0 aromatic heterocycles. The minimum Gasteiger partial charge on any atom is -0.324 e. The Morgan fingerprint density at radius 1 is 1.10 bits per heavy atom. The molecule has 0 spiro atoms. The van der Waals surface area contributed by atoms with Crippen LogP contribution in [0.2, 0.25) is 5.02 Å². The molecule has 0 fully saturated rings. The molecule has 2 nitrogen and oxygen atoms in total. The number of rotatable bonds is 3. The summed E-state index contributed by atoms with van der Waals surface area (Å²) >= 11 is 6.27. The molecular weight excluding hydrogens is 268 g/mol. The van der Waals surface area contributed by atoms with Gasteiger partial charge in [0.05, 0.1) is 0 Å². The molecule has 0 heterocycles. The molecule has 0 radical (unpaired) electrons. The van der Waals surface area contributed by atoms with Gasteiger partial charge in [-0.2, -0.15) is 0 Å². The van der Waals surface area contributed by atoms with Crippen LogP contribution in [0.15, 0.2) is 48.5 Å². The van der Waals surface area contributed by atoms with Crippen molar-refractivity contribution < 1.29 is 0 Å². The first-order valence-corrected chi connectivity index (χ1v) is 7.39. The van der Waals surface area contributed by atoms with Gasteiger partial charge in [-0.1, -0.05) is 54.1 Å². The van der Waals surface area contributed by atoms with Gasteiger partial charge in [-0.15, -0.1) is 0 Å². The molecule has 3 N–H and O–H groups in total. The van der Waals surface area contributed by atoms with Gasteiger partial charge in [0.15, 0.2) is 0 Å². The van der Waals surface area contributed by atoms with Crippen LogP contribution >= 0.6 is 11.6 Å². The van der Waals surface area contributed by atoms with Gasteiger partial charge in [-0.05, 0) is 36.1 Å². The van der Waals surface area contributed by atoms with Gasteiger partial charge in [0.1, 0.15) is 0 Å². The third kappa shape index (κ3) is 2.47. The molecule has 2 aromatic rings. The van der Waals surface area contributed by atoms with E-state index in [1.807, 2.05) is 18.2 Å². The standard InChI is InChI=1S/C17H19ClN2/c1-11(12-6-4-5-9-15(12)18)20-17-10-16(19)13-7-2-3-8-14(13)17/h2-9,11,16-17,20H,10,19H2,1H3. The summed E-state index contributed by atoms with van der Waals surface area (Å²) in [6.07, 6.45) is 0.939. The highest BCUT2D eigenvalue weighted by Crippen LogP contribution is 2.38. The second kappa shape index (κ2) is 5.57. The van der Waals surface area contributed by atoms with E-state index in [1.54, 1.807) is 0 Å². The molecule has 104 valence electrons. The van der Waals surface area contributed by atoms with Crippen LogP contribution in [0.25, 0.3) is 0 Å². The van der Waals surface area contributed by atoms with E-state index in [9.17, 15) is 0 Å². The van der Waals surface area contributed by atoms with Gasteiger partial charge in [0, 0.05) is 23.1 Å². The Morgan fingerprint density at radius 2 is 1.75 bits per heavy atom. The fraction of sp³-hybridized carbons (Fsp3) is 0.294. The Labute approximate surface area is 125 Å². The first kappa shape index (κ1) is 13.6. The van der Waals surface area contributed by atoms with Crippen LogP contribution in [0.5, 0.6) is 0 Å². The second-order valence-corrected chi connectivity index (χ2v) is 5.84. The van der Waals surface area contributed by atoms with Crippen molar-refractivity contribution >= 4 is 11.6 Å². The zero-order valence-electron chi connectivity index (χ0n) is 11.5.